The van der Waals surface area contributed by atoms with Gasteiger partial charge >= 0.3 is 0 Å². The molecule has 0 unspecified atom stereocenters. The molecule has 0 N–H and O–H groups in total. The smallest absolute Gasteiger partial charge is 0.168 e. The highest BCUT2D eigenvalue weighted by atomic mass is 19.1. The number of rotatable bonds is 1. The number of benzene rings is 1. The van der Waals surface area contributed by atoms with Crippen LogP contribution in [0.15, 0.2) is 28.8 Å². The highest BCUT2D eigenvalue weighted by Gasteiger charge is 2.27. The number of nitrogens with zero attached hydrogens (tertiary/aromatic N) is 1. The van der Waals surface area contributed by atoms with Crippen molar-refractivity contribution in [3.8, 4) is 11.3 Å². The van der Waals surface area contributed by atoms with Crippen LogP contribution in [-0.4, -0.2) is 10.9 Å². The summed E-state index contributed by atoms with van der Waals surface area (Å²) < 4.78 is 18.8. The van der Waals surface area contributed by atoms with Crippen molar-refractivity contribution in [1.29, 1.82) is 0 Å². The predicted molar refractivity (Wildman–Crippen MR) is 59.2 cm³/mol. The van der Waals surface area contributed by atoms with E-state index in [4.69, 9.17) is 4.52 Å². The number of ketones is 1. The zero-order valence-corrected chi connectivity index (χ0v) is 9.07. The lowest BCUT2D eigenvalue weighted by Crippen LogP contribution is -2.09. The summed E-state index contributed by atoms with van der Waals surface area (Å²) in [4.78, 5) is 11.8. The van der Waals surface area contributed by atoms with Crippen molar-refractivity contribution < 1.29 is 13.7 Å². The van der Waals surface area contributed by atoms with E-state index in [0.717, 1.165) is 6.42 Å². The Balaban J connectivity index is 2.20. The number of fused-ring (bicyclic) bond motifs is 1. The molecule has 0 aliphatic heterocycles. The molecule has 0 amide bonds. The monoisotopic (exact) mass is 231 g/mol. The fourth-order valence-corrected chi connectivity index (χ4v) is 2.15. The number of aromatic nitrogens is 1. The van der Waals surface area contributed by atoms with Gasteiger partial charge in [-0.05, 0) is 18.6 Å². The van der Waals surface area contributed by atoms with Crippen LogP contribution < -0.4 is 0 Å². The van der Waals surface area contributed by atoms with E-state index in [1.165, 1.54) is 6.07 Å². The minimum Gasteiger partial charge on any atom is -0.360 e. The summed E-state index contributed by atoms with van der Waals surface area (Å²) in [5, 5.41) is 3.84. The molecule has 1 aromatic heterocycles. The fourth-order valence-electron chi connectivity index (χ4n) is 2.15. The van der Waals surface area contributed by atoms with E-state index in [0.29, 0.717) is 35.4 Å². The maximum Gasteiger partial charge on any atom is 0.168 e. The number of halogens is 1. The summed E-state index contributed by atoms with van der Waals surface area (Å²) >= 11 is 0. The molecule has 0 atom stereocenters. The Morgan fingerprint density at radius 1 is 1.24 bits per heavy atom. The van der Waals surface area contributed by atoms with Crippen molar-refractivity contribution in [3.05, 3.63) is 41.4 Å². The maximum atomic E-state index is 13.7. The summed E-state index contributed by atoms with van der Waals surface area (Å²) in [6.45, 7) is 0. The molecule has 1 aliphatic carbocycles. The van der Waals surface area contributed by atoms with Gasteiger partial charge in [0.2, 0.25) is 0 Å². The third-order valence-corrected chi connectivity index (χ3v) is 2.98. The van der Waals surface area contributed by atoms with Gasteiger partial charge in [0, 0.05) is 18.4 Å². The van der Waals surface area contributed by atoms with Gasteiger partial charge in [-0.2, -0.15) is 0 Å². The second-order valence-corrected chi connectivity index (χ2v) is 4.09. The number of Topliss-reactive ketones (excluding diaryl/α,β-unsaturated/α-hetero) is 1. The van der Waals surface area contributed by atoms with Crippen molar-refractivity contribution in [3.63, 3.8) is 0 Å². The Hall–Kier alpha value is -1.97. The lowest BCUT2D eigenvalue weighted by Gasteiger charge is -2.08. The lowest BCUT2D eigenvalue weighted by molar-refractivity contribution is 0.0969. The molecule has 4 heteroatoms. The highest BCUT2D eigenvalue weighted by molar-refractivity contribution is 6.03. The molecule has 0 fully saturated rings. The number of hydrogen-bond donors (Lipinski definition) is 0. The van der Waals surface area contributed by atoms with E-state index in [1.54, 1.807) is 18.2 Å². The van der Waals surface area contributed by atoms with E-state index >= 15 is 0 Å². The maximum absolute atomic E-state index is 13.7. The summed E-state index contributed by atoms with van der Waals surface area (Å²) in [6.07, 6.45) is 1.95. The minimum absolute atomic E-state index is 0.00856. The first kappa shape index (κ1) is 10.2. The second-order valence-electron chi connectivity index (χ2n) is 4.09. The third kappa shape index (κ3) is 1.56. The van der Waals surface area contributed by atoms with Crippen LogP contribution in [0.3, 0.4) is 0 Å². The molecule has 0 saturated heterocycles. The first-order chi connectivity index (χ1) is 8.27. The largest absolute Gasteiger partial charge is 0.360 e. The van der Waals surface area contributed by atoms with Crippen LogP contribution in [0.4, 0.5) is 4.39 Å². The van der Waals surface area contributed by atoms with Crippen molar-refractivity contribution >= 4 is 5.78 Å². The summed E-state index contributed by atoms with van der Waals surface area (Å²) in [6, 6.07) is 6.28. The Morgan fingerprint density at radius 3 is 2.88 bits per heavy atom. The fraction of sp³-hybridized carbons (Fsp3) is 0.231. The highest BCUT2D eigenvalue weighted by Crippen LogP contribution is 2.32. The topological polar surface area (TPSA) is 43.1 Å². The van der Waals surface area contributed by atoms with Gasteiger partial charge in [0.05, 0.1) is 5.56 Å². The molecule has 1 aliphatic rings. The molecular weight excluding hydrogens is 221 g/mol. The van der Waals surface area contributed by atoms with Gasteiger partial charge in [0.1, 0.15) is 17.3 Å². The normalized spacial score (nSPS) is 14.8. The summed E-state index contributed by atoms with van der Waals surface area (Å²) in [5.74, 6) is 0.187. The molecule has 1 heterocycles. The van der Waals surface area contributed by atoms with Gasteiger partial charge in [-0.3, -0.25) is 4.79 Å². The zero-order chi connectivity index (χ0) is 11.8. The molecule has 3 nitrogen and oxygen atoms in total. The van der Waals surface area contributed by atoms with Gasteiger partial charge in [0.15, 0.2) is 5.78 Å². The van der Waals surface area contributed by atoms with Gasteiger partial charge in [-0.25, -0.2) is 4.39 Å². The molecule has 0 spiro atoms. The van der Waals surface area contributed by atoms with Crippen LogP contribution >= 0.6 is 0 Å². The molecule has 1 aromatic carbocycles. The number of aryl methyl sites for hydroxylation is 1. The van der Waals surface area contributed by atoms with Crippen LogP contribution in [0.2, 0.25) is 0 Å². The number of carbonyl (C=O) groups is 1. The third-order valence-electron chi connectivity index (χ3n) is 2.98. The standard InChI is InChI=1S/C13H10FNO2/c14-9-5-2-1-4-8(9)13-12-10(16)6-3-7-11(12)17-15-13/h1-2,4-5H,3,6-7H2. The Labute approximate surface area is 97.2 Å². The van der Waals surface area contributed by atoms with E-state index < -0.39 is 0 Å². The van der Waals surface area contributed by atoms with Crippen molar-refractivity contribution in [2.75, 3.05) is 0 Å². The molecule has 86 valence electrons. The van der Waals surface area contributed by atoms with Crippen molar-refractivity contribution in [1.82, 2.24) is 5.16 Å². The van der Waals surface area contributed by atoms with Gasteiger partial charge in [0.25, 0.3) is 0 Å². The summed E-state index contributed by atoms with van der Waals surface area (Å²) in [5.41, 5.74) is 1.12. The van der Waals surface area contributed by atoms with E-state index in [1.807, 2.05) is 0 Å². The van der Waals surface area contributed by atoms with E-state index in [2.05, 4.69) is 5.16 Å². The van der Waals surface area contributed by atoms with Crippen LogP contribution in [0.1, 0.15) is 29.0 Å². The quantitative estimate of drug-likeness (QED) is 0.757. The van der Waals surface area contributed by atoms with Crippen LogP contribution in [0.25, 0.3) is 11.3 Å². The van der Waals surface area contributed by atoms with E-state index in [9.17, 15) is 9.18 Å². The molecule has 0 bridgehead atoms. The van der Waals surface area contributed by atoms with Gasteiger partial charge < -0.3 is 4.52 Å². The Bertz CT molecular complexity index is 589. The van der Waals surface area contributed by atoms with Crippen molar-refractivity contribution in [2.24, 2.45) is 0 Å². The van der Waals surface area contributed by atoms with Crippen LogP contribution in [0.5, 0.6) is 0 Å². The Morgan fingerprint density at radius 2 is 2.06 bits per heavy atom. The first-order valence-corrected chi connectivity index (χ1v) is 5.54. The second kappa shape index (κ2) is 3.80. The van der Waals surface area contributed by atoms with Crippen LogP contribution in [-0.2, 0) is 6.42 Å². The number of hydrogen-bond acceptors (Lipinski definition) is 3. The SMILES string of the molecule is O=C1CCCc2onc(-c3ccccc3F)c21. The molecule has 0 radical (unpaired) electrons. The number of carbonyl (C=O) groups excluding carboxylic acids is 1. The Kier molecular flexibility index (Phi) is 2.28. The zero-order valence-electron chi connectivity index (χ0n) is 9.07. The predicted octanol–water partition coefficient (Wildman–Crippen LogP) is 3.00. The molecular formula is C13H10FNO2. The minimum atomic E-state index is -0.387. The first-order valence-electron chi connectivity index (χ1n) is 5.54. The van der Waals surface area contributed by atoms with E-state index in [-0.39, 0.29) is 11.6 Å². The lowest BCUT2D eigenvalue weighted by atomic mass is 9.93. The molecule has 0 saturated carbocycles. The van der Waals surface area contributed by atoms with Gasteiger partial charge in [-0.15, -0.1) is 0 Å². The molecule has 17 heavy (non-hydrogen) atoms. The molecule has 3 rings (SSSR count). The van der Waals surface area contributed by atoms with Crippen LogP contribution in [0, 0.1) is 5.82 Å². The summed E-state index contributed by atoms with van der Waals surface area (Å²) in [7, 11) is 0. The molecule has 2 aromatic rings. The van der Waals surface area contributed by atoms with Crippen molar-refractivity contribution in [2.45, 2.75) is 19.3 Å². The average Bonchev–Trinajstić information content (AvgIpc) is 2.75. The average molecular weight is 231 g/mol. The van der Waals surface area contributed by atoms with Gasteiger partial charge in [-0.1, -0.05) is 17.3 Å².